The zero-order valence-corrected chi connectivity index (χ0v) is 13.5. The highest BCUT2D eigenvalue weighted by Crippen LogP contribution is 2.21. The number of nitrogens with zero attached hydrogens (tertiary/aromatic N) is 1. The van der Waals surface area contributed by atoms with Gasteiger partial charge in [-0.3, -0.25) is 9.36 Å². The summed E-state index contributed by atoms with van der Waals surface area (Å²) in [5, 5.41) is 0.657. The summed E-state index contributed by atoms with van der Waals surface area (Å²) < 4.78 is 2.09. The first-order chi connectivity index (χ1) is 10.7. The highest BCUT2D eigenvalue weighted by Gasteiger charge is 2.13. The Kier molecular flexibility index (Phi) is 3.94. The minimum Gasteiger partial charge on any atom is -0.331 e. The molecule has 0 aliphatic rings. The van der Waals surface area contributed by atoms with Crippen molar-refractivity contribution in [3.63, 3.8) is 0 Å². The van der Waals surface area contributed by atoms with E-state index in [1.807, 2.05) is 30.3 Å². The minimum atomic E-state index is -0.0602. The Labute approximate surface area is 134 Å². The molecule has 0 unspecified atom stereocenters. The molecular formula is C18H18N2OS. The highest BCUT2D eigenvalue weighted by atomic mass is 32.1. The van der Waals surface area contributed by atoms with Crippen molar-refractivity contribution in [1.29, 1.82) is 0 Å². The van der Waals surface area contributed by atoms with Gasteiger partial charge in [0.1, 0.15) is 0 Å². The topological polar surface area (TPSA) is 37.8 Å². The summed E-state index contributed by atoms with van der Waals surface area (Å²) in [5.41, 5.74) is 3.92. The predicted octanol–water partition coefficient (Wildman–Crippen LogP) is 4.17. The van der Waals surface area contributed by atoms with Crippen LogP contribution in [0.3, 0.4) is 0 Å². The molecule has 0 saturated heterocycles. The Morgan fingerprint density at radius 1 is 1.00 bits per heavy atom. The maximum atomic E-state index is 13.0. The number of para-hydroxylation sites is 2. The lowest BCUT2D eigenvalue weighted by Gasteiger charge is -2.16. The van der Waals surface area contributed by atoms with Crippen molar-refractivity contribution in [2.45, 2.75) is 26.7 Å². The van der Waals surface area contributed by atoms with Crippen LogP contribution in [0.5, 0.6) is 0 Å². The summed E-state index contributed by atoms with van der Waals surface area (Å²) in [6.07, 6.45) is 1.72. The van der Waals surface area contributed by atoms with Crippen LogP contribution in [-0.4, -0.2) is 9.55 Å². The lowest BCUT2D eigenvalue weighted by Crippen LogP contribution is -2.22. The van der Waals surface area contributed by atoms with Gasteiger partial charge in [-0.05, 0) is 48.3 Å². The quantitative estimate of drug-likeness (QED) is 0.737. The molecule has 0 bridgehead atoms. The van der Waals surface area contributed by atoms with Gasteiger partial charge in [0.25, 0.3) is 5.56 Å². The average Bonchev–Trinajstić information content (AvgIpc) is 2.55. The molecule has 0 atom stereocenters. The molecular weight excluding hydrogens is 292 g/mol. The van der Waals surface area contributed by atoms with Crippen molar-refractivity contribution in [3.8, 4) is 5.69 Å². The molecule has 0 saturated carbocycles. The van der Waals surface area contributed by atoms with Gasteiger partial charge in [0.05, 0.1) is 16.6 Å². The molecule has 0 spiro atoms. The van der Waals surface area contributed by atoms with Crippen molar-refractivity contribution in [2.75, 3.05) is 0 Å². The number of rotatable bonds is 3. The number of benzene rings is 2. The molecule has 3 rings (SSSR count). The number of fused-ring (bicyclic) bond motifs is 1. The fraction of sp³-hybridized carbons (Fsp3) is 0.222. The van der Waals surface area contributed by atoms with Crippen LogP contribution in [0.4, 0.5) is 0 Å². The maximum Gasteiger partial charge on any atom is 0.266 e. The van der Waals surface area contributed by atoms with Crippen LogP contribution in [0.15, 0.2) is 47.3 Å². The zero-order valence-electron chi connectivity index (χ0n) is 12.7. The van der Waals surface area contributed by atoms with Crippen molar-refractivity contribution in [3.05, 3.63) is 68.7 Å². The van der Waals surface area contributed by atoms with Gasteiger partial charge in [0, 0.05) is 0 Å². The SMILES string of the molecule is CCc1cccc(CC)c1-n1c(=S)[nH]c2ccccc2c1=O. The van der Waals surface area contributed by atoms with Gasteiger partial charge in [-0.25, -0.2) is 0 Å². The van der Waals surface area contributed by atoms with Gasteiger partial charge in [-0.1, -0.05) is 44.2 Å². The van der Waals surface area contributed by atoms with Crippen molar-refractivity contribution >= 4 is 23.1 Å². The number of H-pyrrole nitrogens is 1. The standard InChI is InChI=1S/C18H18N2OS/c1-3-12-8-7-9-13(4-2)16(12)20-17(21)14-10-5-6-11-15(14)19-18(20)22/h5-11H,3-4H2,1-2H3,(H,19,22). The second-order valence-electron chi connectivity index (χ2n) is 5.25. The summed E-state index contributed by atoms with van der Waals surface area (Å²) >= 11 is 5.47. The van der Waals surface area contributed by atoms with Gasteiger partial charge < -0.3 is 4.98 Å². The van der Waals surface area contributed by atoms with E-state index in [2.05, 4.69) is 31.0 Å². The highest BCUT2D eigenvalue weighted by molar-refractivity contribution is 7.71. The van der Waals surface area contributed by atoms with Gasteiger partial charge in [0.15, 0.2) is 4.77 Å². The molecule has 1 heterocycles. The van der Waals surface area contributed by atoms with Crippen LogP contribution in [0.1, 0.15) is 25.0 Å². The van der Waals surface area contributed by atoms with E-state index in [-0.39, 0.29) is 5.56 Å². The number of hydrogen-bond donors (Lipinski definition) is 1. The number of aromatic amines is 1. The summed E-state index contributed by atoms with van der Waals surface area (Å²) in [6, 6.07) is 13.6. The lowest BCUT2D eigenvalue weighted by atomic mass is 10.0. The van der Waals surface area contributed by atoms with Crippen LogP contribution in [0.2, 0.25) is 0 Å². The Morgan fingerprint density at radius 3 is 2.27 bits per heavy atom. The zero-order chi connectivity index (χ0) is 15.7. The summed E-state index contributed by atoms with van der Waals surface area (Å²) in [6.45, 7) is 4.19. The molecule has 0 amide bonds. The van der Waals surface area contributed by atoms with Gasteiger partial charge >= 0.3 is 0 Å². The van der Waals surface area contributed by atoms with Crippen LogP contribution < -0.4 is 5.56 Å². The van der Waals surface area contributed by atoms with Crippen LogP contribution in [0, 0.1) is 4.77 Å². The molecule has 3 aromatic rings. The first-order valence-corrected chi connectivity index (χ1v) is 7.93. The number of hydrogen-bond acceptors (Lipinski definition) is 2. The van der Waals surface area contributed by atoms with E-state index in [1.165, 1.54) is 0 Å². The molecule has 2 aromatic carbocycles. The predicted molar refractivity (Wildman–Crippen MR) is 93.5 cm³/mol. The van der Waals surface area contributed by atoms with Crippen molar-refractivity contribution in [1.82, 2.24) is 9.55 Å². The van der Waals surface area contributed by atoms with Crippen LogP contribution >= 0.6 is 12.2 Å². The van der Waals surface area contributed by atoms with E-state index in [0.29, 0.717) is 10.2 Å². The molecule has 1 N–H and O–H groups in total. The molecule has 1 aromatic heterocycles. The number of nitrogens with one attached hydrogen (secondary N) is 1. The third-order valence-corrected chi connectivity index (χ3v) is 4.28. The van der Waals surface area contributed by atoms with E-state index in [4.69, 9.17) is 12.2 Å². The fourth-order valence-corrected chi connectivity index (χ4v) is 3.15. The second kappa shape index (κ2) is 5.89. The van der Waals surface area contributed by atoms with Crippen LogP contribution in [0.25, 0.3) is 16.6 Å². The molecule has 3 nitrogen and oxygen atoms in total. The van der Waals surface area contributed by atoms with Gasteiger partial charge in [0.2, 0.25) is 0 Å². The first kappa shape index (κ1) is 14.7. The van der Waals surface area contributed by atoms with Crippen molar-refractivity contribution in [2.24, 2.45) is 0 Å². The molecule has 0 aliphatic carbocycles. The van der Waals surface area contributed by atoms with E-state index >= 15 is 0 Å². The molecule has 4 heteroatoms. The molecule has 0 radical (unpaired) electrons. The summed E-state index contributed by atoms with van der Waals surface area (Å²) in [5.74, 6) is 0. The van der Waals surface area contributed by atoms with E-state index in [9.17, 15) is 4.79 Å². The molecule has 112 valence electrons. The number of aryl methyl sites for hydroxylation is 2. The normalized spacial score (nSPS) is 11.0. The fourth-order valence-electron chi connectivity index (χ4n) is 2.87. The largest absolute Gasteiger partial charge is 0.331 e. The van der Waals surface area contributed by atoms with Crippen LogP contribution in [-0.2, 0) is 12.8 Å². The van der Waals surface area contributed by atoms with Crippen molar-refractivity contribution < 1.29 is 0 Å². The molecule has 0 fully saturated rings. The Bertz CT molecular complexity index is 931. The Morgan fingerprint density at radius 2 is 1.64 bits per heavy atom. The molecule has 22 heavy (non-hydrogen) atoms. The maximum absolute atomic E-state index is 13.0. The first-order valence-electron chi connectivity index (χ1n) is 7.52. The molecule has 0 aliphatic heterocycles. The second-order valence-corrected chi connectivity index (χ2v) is 5.63. The smallest absolute Gasteiger partial charge is 0.266 e. The number of aromatic nitrogens is 2. The van der Waals surface area contributed by atoms with E-state index in [1.54, 1.807) is 4.57 Å². The van der Waals surface area contributed by atoms with Gasteiger partial charge in [-0.15, -0.1) is 0 Å². The van der Waals surface area contributed by atoms with E-state index in [0.717, 1.165) is 35.2 Å². The van der Waals surface area contributed by atoms with E-state index < -0.39 is 0 Å². The Balaban J connectivity index is 2.46. The Hall–Kier alpha value is -2.20. The monoisotopic (exact) mass is 310 g/mol. The minimum absolute atomic E-state index is 0.0602. The summed E-state index contributed by atoms with van der Waals surface area (Å²) in [4.78, 5) is 16.1. The lowest BCUT2D eigenvalue weighted by molar-refractivity contribution is 0.893. The van der Waals surface area contributed by atoms with Gasteiger partial charge in [-0.2, -0.15) is 0 Å². The average molecular weight is 310 g/mol. The third kappa shape index (κ3) is 2.29. The third-order valence-electron chi connectivity index (χ3n) is 3.99. The summed E-state index contributed by atoms with van der Waals surface area (Å²) in [7, 11) is 0.